The summed E-state index contributed by atoms with van der Waals surface area (Å²) < 4.78 is 13.3. The zero-order valence-electron chi connectivity index (χ0n) is 11.3. The largest absolute Gasteiger partial charge is 0.313 e. The highest BCUT2D eigenvalue weighted by atomic mass is 35.5. The van der Waals surface area contributed by atoms with Crippen LogP contribution in [0.5, 0.6) is 0 Å². The van der Waals surface area contributed by atoms with Gasteiger partial charge in [-0.1, -0.05) is 25.4 Å². The molecule has 1 aromatic rings. The molecule has 1 rings (SSSR count). The Labute approximate surface area is 114 Å². The first-order valence-corrected chi connectivity index (χ1v) is 6.84. The molecule has 1 unspecified atom stereocenters. The summed E-state index contributed by atoms with van der Waals surface area (Å²) in [5, 5.41) is 3.83. The molecule has 1 N–H and O–H groups in total. The molecule has 0 bridgehead atoms. The van der Waals surface area contributed by atoms with Gasteiger partial charge in [-0.05, 0) is 56.9 Å². The summed E-state index contributed by atoms with van der Waals surface area (Å²) in [6.07, 6.45) is 0.918. The molecule has 4 heteroatoms. The molecule has 0 saturated carbocycles. The third-order valence-electron chi connectivity index (χ3n) is 3.31. The SMILES string of the molecule is CCN(CC)CCC(NC)c1cc(F)ccc1Cl. The smallest absolute Gasteiger partial charge is 0.123 e. The van der Waals surface area contributed by atoms with Gasteiger partial charge in [-0.15, -0.1) is 0 Å². The fourth-order valence-corrected chi connectivity index (χ4v) is 2.34. The molecule has 102 valence electrons. The lowest BCUT2D eigenvalue weighted by Gasteiger charge is -2.23. The molecule has 0 aromatic heterocycles. The third-order valence-corrected chi connectivity index (χ3v) is 3.65. The van der Waals surface area contributed by atoms with Crippen LogP contribution < -0.4 is 5.32 Å². The van der Waals surface area contributed by atoms with Gasteiger partial charge in [0.05, 0.1) is 0 Å². The first kappa shape index (κ1) is 15.4. The Bertz CT molecular complexity index is 367. The van der Waals surface area contributed by atoms with Crippen LogP contribution in [-0.4, -0.2) is 31.6 Å². The lowest BCUT2D eigenvalue weighted by atomic mass is 10.0. The van der Waals surface area contributed by atoms with E-state index in [1.54, 1.807) is 6.07 Å². The van der Waals surface area contributed by atoms with E-state index in [0.717, 1.165) is 31.6 Å². The van der Waals surface area contributed by atoms with E-state index in [4.69, 9.17) is 11.6 Å². The second-order valence-corrected chi connectivity index (χ2v) is 4.73. The highest BCUT2D eigenvalue weighted by molar-refractivity contribution is 6.31. The van der Waals surface area contributed by atoms with Crippen LogP contribution in [-0.2, 0) is 0 Å². The predicted octanol–water partition coefficient (Wildman–Crippen LogP) is 3.47. The molecule has 0 heterocycles. The molecule has 18 heavy (non-hydrogen) atoms. The van der Waals surface area contributed by atoms with Gasteiger partial charge in [0, 0.05) is 11.1 Å². The molecule has 0 saturated heterocycles. The van der Waals surface area contributed by atoms with Gasteiger partial charge < -0.3 is 10.2 Å². The molecule has 0 aliphatic heterocycles. The predicted molar refractivity (Wildman–Crippen MR) is 75.6 cm³/mol. The van der Waals surface area contributed by atoms with Crippen LogP contribution in [0.25, 0.3) is 0 Å². The quantitative estimate of drug-likeness (QED) is 0.818. The number of rotatable bonds is 7. The van der Waals surface area contributed by atoms with Crippen LogP contribution in [0.1, 0.15) is 31.9 Å². The maximum absolute atomic E-state index is 13.3. The van der Waals surface area contributed by atoms with Crippen LogP contribution in [0, 0.1) is 5.82 Å². The molecule has 0 fully saturated rings. The highest BCUT2D eigenvalue weighted by Crippen LogP contribution is 2.26. The van der Waals surface area contributed by atoms with Crippen LogP contribution in [0.2, 0.25) is 5.02 Å². The molecule has 1 atom stereocenters. The van der Waals surface area contributed by atoms with Gasteiger partial charge in [0.15, 0.2) is 0 Å². The second kappa shape index (κ2) is 7.72. The first-order valence-electron chi connectivity index (χ1n) is 6.46. The third kappa shape index (κ3) is 4.23. The van der Waals surface area contributed by atoms with Gasteiger partial charge in [0.2, 0.25) is 0 Å². The van der Waals surface area contributed by atoms with E-state index in [0.29, 0.717) is 5.02 Å². The minimum atomic E-state index is -0.238. The van der Waals surface area contributed by atoms with E-state index in [-0.39, 0.29) is 11.9 Å². The van der Waals surface area contributed by atoms with Crippen molar-refractivity contribution in [2.75, 3.05) is 26.7 Å². The van der Waals surface area contributed by atoms with Crippen molar-refractivity contribution in [2.24, 2.45) is 0 Å². The van der Waals surface area contributed by atoms with Crippen molar-refractivity contribution in [1.29, 1.82) is 0 Å². The summed E-state index contributed by atoms with van der Waals surface area (Å²) in [5.74, 6) is -0.238. The Kier molecular flexibility index (Phi) is 6.61. The van der Waals surface area contributed by atoms with Crippen molar-refractivity contribution in [3.05, 3.63) is 34.6 Å². The van der Waals surface area contributed by atoms with Gasteiger partial charge in [-0.3, -0.25) is 0 Å². The fourth-order valence-electron chi connectivity index (χ4n) is 2.09. The molecule has 0 amide bonds. The number of halogens is 2. The van der Waals surface area contributed by atoms with Gasteiger partial charge in [0.1, 0.15) is 5.82 Å². The van der Waals surface area contributed by atoms with Crippen LogP contribution in [0.15, 0.2) is 18.2 Å². The van der Waals surface area contributed by atoms with E-state index in [1.807, 2.05) is 7.05 Å². The summed E-state index contributed by atoms with van der Waals surface area (Å²) in [7, 11) is 1.88. The monoisotopic (exact) mass is 272 g/mol. The van der Waals surface area contributed by atoms with E-state index in [1.165, 1.54) is 12.1 Å². The Morgan fingerprint density at radius 1 is 1.33 bits per heavy atom. The van der Waals surface area contributed by atoms with E-state index in [9.17, 15) is 4.39 Å². The van der Waals surface area contributed by atoms with E-state index < -0.39 is 0 Å². The van der Waals surface area contributed by atoms with Gasteiger partial charge in [0.25, 0.3) is 0 Å². The zero-order chi connectivity index (χ0) is 13.5. The van der Waals surface area contributed by atoms with Crippen molar-refractivity contribution in [1.82, 2.24) is 10.2 Å². The van der Waals surface area contributed by atoms with Crippen LogP contribution >= 0.6 is 11.6 Å². The summed E-state index contributed by atoms with van der Waals surface area (Å²) in [4.78, 5) is 2.34. The van der Waals surface area contributed by atoms with E-state index >= 15 is 0 Å². The number of nitrogens with one attached hydrogen (secondary N) is 1. The number of benzene rings is 1. The Balaban J connectivity index is 2.73. The van der Waals surface area contributed by atoms with Gasteiger partial charge in [-0.2, -0.15) is 0 Å². The Hall–Kier alpha value is -0.640. The number of hydrogen-bond acceptors (Lipinski definition) is 2. The van der Waals surface area contributed by atoms with Crippen molar-refractivity contribution in [2.45, 2.75) is 26.3 Å². The summed E-state index contributed by atoms with van der Waals surface area (Å²) in [6, 6.07) is 4.62. The molecule has 2 nitrogen and oxygen atoms in total. The van der Waals surface area contributed by atoms with Crippen LogP contribution in [0.3, 0.4) is 0 Å². The Morgan fingerprint density at radius 2 is 2.00 bits per heavy atom. The fraction of sp³-hybridized carbons (Fsp3) is 0.571. The average Bonchev–Trinajstić information content (AvgIpc) is 2.38. The lowest BCUT2D eigenvalue weighted by molar-refractivity contribution is 0.284. The minimum Gasteiger partial charge on any atom is -0.313 e. The number of nitrogens with zero attached hydrogens (tertiary/aromatic N) is 1. The molecule has 0 radical (unpaired) electrons. The molecular weight excluding hydrogens is 251 g/mol. The van der Waals surface area contributed by atoms with Crippen LogP contribution in [0.4, 0.5) is 4.39 Å². The number of hydrogen-bond donors (Lipinski definition) is 1. The summed E-state index contributed by atoms with van der Waals surface area (Å²) >= 11 is 6.13. The first-order chi connectivity index (χ1) is 8.62. The topological polar surface area (TPSA) is 15.3 Å². The van der Waals surface area contributed by atoms with Crippen molar-refractivity contribution in [3.8, 4) is 0 Å². The molecule has 0 aliphatic rings. The molecular formula is C14H22ClFN2. The van der Waals surface area contributed by atoms with Crippen molar-refractivity contribution >= 4 is 11.6 Å². The van der Waals surface area contributed by atoms with Crippen molar-refractivity contribution in [3.63, 3.8) is 0 Å². The zero-order valence-corrected chi connectivity index (χ0v) is 12.1. The summed E-state index contributed by atoms with van der Waals surface area (Å²) in [6.45, 7) is 7.33. The second-order valence-electron chi connectivity index (χ2n) is 4.32. The summed E-state index contributed by atoms with van der Waals surface area (Å²) in [5.41, 5.74) is 0.839. The maximum atomic E-state index is 13.3. The standard InChI is InChI=1S/C14H22ClFN2/c1-4-18(5-2)9-8-14(17-3)12-10-11(16)6-7-13(12)15/h6-7,10,14,17H,4-5,8-9H2,1-3H3. The van der Waals surface area contributed by atoms with Gasteiger partial charge >= 0.3 is 0 Å². The van der Waals surface area contributed by atoms with E-state index in [2.05, 4.69) is 24.1 Å². The normalized spacial score (nSPS) is 13.0. The maximum Gasteiger partial charge on any atom is 0.123 e. The minimum absolute atomic E-state index is 0.0915. The molecule has 0 aliphatic carbocycles. The highest BCUT2D eigenvalue weighted by Gasteiger charge is 2.14. The molecule has 0 spiro atoms. The lowest BCUT2D eigenvalue weighted by Crippen LogP contribution is -2.28. The average molecular weight is 273 g/mol. The van der Waals surface area contributed by atoms with Crippen molar-refractivity contribution < 1.29 is 4.39 Å². The van der Waals surface area contributed by atoms with Gasteiger partial charge in [-0.25, -0.2) is 4.39 Å². The molecule has 1 aromatic carbocycles. The Morgan fingerprint density at radius 3 is 2.56 bits per heavy atom.